The van der Waals surface area contributed by atoms with Crippen LogP contribution < -0.4 is 5.73 Å². The highest BCUT2D eigenvalue weighted by molar-refractivity contribution is 5.85. The Hall–Kier alpha value is -0.970. The lowest BCUT2D eigenvalue weighted by Crippen LogP contribution is -2.36. The maximum absolute atomic E-state index is 10.00. The maximum Gasteiger partial charge on any atom is 0.157 e. The summed E-state index contributed by atoms with van der Waals surface area (Å²) in [7, 11) is 0. The maximum atomic E-state index is 10.00. The summed E-state index contributed by atoms with van der Waals surface area (Å²) < 4.78 is 0. The van der Waals surface area contributed by atoms with Crippen LogP contribution >= 0.6 is 12.4 Å². The minimum absolute atomic E-state index is 0. The summed E-state index contributed by atoms with van der Waals surface area (Å²) in [6, 6.07) is 4.15. The van der Waals surface area contributed by atoms with Gasteiger partial charge in [0.15, 0.2) is 11.5 Å². The number of nitrogens with two attached hydrogens (primary N) is 1. The lowest BCUT2D eigenvalue weighted by Gasteiger charge is -2.29. The Morgan fingerprint density at radius 3 is 2.17 bits per heavy atom. The van der Waals surface area contributed by atoms with E-state index in [-0.39, 0.29) is 35.4 Å². The van der Waals surface area contributed by atoms with Crippen molar-refractivity contribution in [3.8, 4) is 11.5 Å². The third-order valence-electron chi connectivity index (χ3n) is 2.97. The number of benzene rings is 1. The number of aliphatic hydroxyl groups excluding tert-OH is 1. The average molecular weight is 276 g/mol. The number of hydrogen-bond acceptors (Lipinski definition) is 4. The monoisotopic (exact) mass is 275 g/mol. The normalized spacial score (nSPS) is 14.7. The second-order valence-corrected chi connectivity index (χ2v) is 5.47. The number of halogens is 1. The van der Waals surface area contributed by atoms with E-state index >= 15 is 0 Å². The SMILES string of the molecule is CC(C)(C)[C@@H](N)C[C@@H](O)c1ccc(O)c(O)c1.Cl. The van der Waals surface area contributed by atoms with E-state index < -0.39 is 6.10 Å². The standard InChI is InChI=1S/C13H21NO3.ClH/c1-13(2,3)12(14)7-10(16)8-4-5-9(15)11(17)6-8;/h4-6,10,12,15-17H,7,14H2,1-3H3;1H/t10-,12+;/m1./s1. The smallest absolute Gasteiger partial charge is 0.157 e. The molecule has 0 aliphatic rings. The first kappa shape index (κ1) is 17.0. The molecule has 18 heavy (non-hydrogen) atoms. The molecule has 0 bridgehead atoms. The predicted molar refractivity (Wildman–Crippen MR) is 74.0 cm³/mol. The summed E-state index contributed by atoms with van der Waals surface area (Å²) in [5.41, 5.74) is 6.46. The van der Waals surface area contributed by atoms with Crippen LogP contribution in [0.1, 0.15) is 38.9 Å². The van der Waals surface area contributed by atoms with Gasteiger partial charge in [-0.25, -0.2) is 0 Å². The molecule has 0 amide bonds. The first-order valence-electron chi connectivity index (χ1n) is 5.67. The molecule has 5 heteroatoms. The molecule has 2 atom stereocenters. The molecule has 0 heterocycles. The third-order valence-corrected chi connectivity index (χ3v) is 2.97. The summed E-state index contributed by atoms with van der Waals surface area (Å²) in [6.45, 7) is 6.04. The molecule has 4 nitrogen and oxygen atoms in total. The van der Waals surface area contributed by atoms with Gasteiger partial charge in [0.25, 0.3) is 0 Å². The highest BCUT2D eigenvalue weighted by atomic mass is 35.5. The van der Waals surface area contributed by atoms with Crippen molar-refractivity contribution in [2.24, 2.45) is 11.1 Å². The van der Waals surface area contributed by atoms with Crippen LogP contribution in [0.3, 0.4) is 0 Å². The molecule has 1 aromatic rings. The number of aromatic hydroxyl groups is 2. The van der Waals surface area contributed by atoms with Gasteiger partial charge in [-0.2, -0.15) is 0 Å². The molecule has 0 radical (unpaired) electrons. The molecule has 0 saturated carbocycles. The number of phenols is 2. The second-order valence-electron chi connectivity index (χ2n) is 5.47. The van der Waals surface area contributed by atoms with Crippen LogP contribution in [0.2, 0.25) is 0 Å². The molecule has 0 aliphatic heterocycles. The molecule has 0 saturated heterocycles. The molecule has 5 N–H and O–H groups in total. The number of phenolic OH excluding ortho intramolecular Hbond substituents is 2. The topological polar surface area (TPSA) is 86.7 Å². The first-order valence-corrected chi connectivity index (χ1v) is 5.67. The van der Waals surface area contributed by atoms with Gasteiger partial charge in [-0.05, 0) is 29.5 Å². The van der Waals surface area contributed by atoms with Gasteiger partial charge in [-0.1, -0.05) is 26.8 Å². The van der Waals surface area contributed by atoms with Gasteiger partial charge >= 0.3 is 0 Å². The average Bonchev–Trinajstić information content (AvgIpc) is 2.20. The van der Waals surface area contributed by atoms with Gasteiger partial charge in [0.2, 0.25) is 0 Å². The molecule has 0 fully saturated rings. The summed E-state index contributed by atoms with van der Waals surface area (Å²) in [4.78, 5) is 0. The molecule has 1 rings (SSSR count). The van der Waals surface area contributed by atoms with E-state index in [4.69, 9.17) is 5.73 Å². The molecular weight excluding hydrogens is 254 g/mol. The van der Waals surface area contributed by atoms with Crippen LogP contribution in [0.25, 0.3) is 0 Å². The Labute approximate surface area is 114 Å². The minimum atomic E-state index is -0.740. The Morgan fingerprint density at radius 1 is 1.17 bits per heavy atom. The number of hydrogen-bond donors (Lipinski definition) is 4. The van der Waals surface area contributed by atoms with E-state index in [1.807, 2.05) is 20.8 Å². The quantitative estimate of drug-likeness (QED) is 0.638. The molecule has 0 unspecified atom stereocenters. The lowest BCUT2D eigenvalue weighted by atomic mass is 9.83. The fourth-order valence-corrected chi connectivity index (χ4v) is 1.48. The van der Waals surface area contributed by atoms with Crippen LogP contribution in [0.4, 0.5) is 0 Å². The van der Waals surface area contributed by atoms with Crippen molar-refractivity contribution in [2.75, 3.05) is 0 Å². The Bertz CT molecular complexity index is 390. The summed E-state index contributed by atoms with van der Waals surface area (Å²) in [6.07, 6.45) is -0.330. The van der Waals surface area contributed by atoms with Gasteiger partial charge < -0.3 is 21.1 Å². The molecule has 0 spiro atoms. The van der Waals surface area contributed by atoms with Crippen molar-refractivity contribution in [1.82, 2.24) is 0 Å². The van der Waals surface area contributed by atoms with Crippen LogP contribution in [-0.4, -0.2) is 21.4 Å². The van der Waals surface area contributed by atoms with E-state index in [9.17, 15) is 15.3 Å². The zero-order valence-electron chi connectivity index (χ0n) is 10.9. The van der Waals surface area contributed by atoms with Crippen molar-refractivity contribution < 1.29 is 15.3 Å². The van der Waals surface area contributed by atoms with Gasteiger partial charge in [0, 0.05) is 6.04 Å². The van der Waals surface area contributed by atoms with Crippen molar-refractivity contribution in [1.29, 1.82) is 0 Å². The van der Waals surface area contributed by atoms with Crippen LogP contribution in [0.15, 0.2) is 18.2 Å². The van der Waals surface area contributed by atoms with Gasteiger partial charge in [-0.15, -0.1) is 12.4 Å². The predicted octanol–water partition coefficient (Wildman–Crippen LogP) is 2.32. The number of aliphatic hydroxyl groups is 1. The van der Waals surface area contributed by atoms with Crippen molar-refractivity contribution in [3.63, 3.8) is 0 Å². The van der Waals surface area contributed by atoms with E-state index in [0.717, 1.165) is 0 Å². The van der Waals surface area contributed by atoms with Gasteiger partial charge in [0.05, 0.1) is 6.10 Å². The summed E-state index contributed by atoms with van der Waals surface area (Å²) >= 11 is 0. The molecule has 0 aromatic heterocycles. The van der Waals surface area contributed by atoms with Crippen LogP contribution in [-0.2, 0) is 0 Å². The van der Waals surface area contributed by atoms with E-state index in [0.29, 0.717) is 12.0 Å². The Kier molecular flexibility index (Phi) is 5.93. The molecule has 1 aromatic carbocycles. The second kappa shape index (κ2) is 6.27. The highest BCUT2D eigenvalue weighted by Crippen LogP contribution is 2.31. The Balaban J connectivity index is 0.00000289. The molecular formula is C13H22ClNO3. The fraction of sp³-hybridized carbons (Fsp3) is 0.538. The van der Waals surface area contributed by atoms with Crippen LogP contribution in [0, 0.1) is 5.41 Å². The van der Waals surface area contributed by atoms with Crippen molar-refractivity contribution >= 4 is 12.4 Å². The largest absolute Gasteiger partial charge is 0.504 e. The van der Waals surface area contributed by atoms with Gasteiger partial charge in [0.1, 0.15) is 0 Å². The zero-order valence-corrected chi connectivity index (χ0v) is 11.7. The molecule has 0 aliphatic carbocycles. The third kappa shape index (κ3) is 4.37. The van der Waals surface area contributed by atoms with E-state index in [1.54, 1.807) is 6.07 Å². The van der Waals surface area contributed by atoms with E-state index in [1.165, 1.54) is 12.1 Å². The summed E-state index contributed by atoms with van der Waals surface area (Å²) in [5.74, 6) is -0.424. The first-order chi connectivity index (χ1) is 7.71. The van der Waals surface area contributed by atoms with Crippen molar-refractivity contribution in [3.05, 3.63) is 23.8 Å². The fourth-order valence-electron chi connectivity index (χ4n) is 1.48. The lowest BCUT2D eigenvalue weighted by molar-refractivity contribution is 0.133. The Morgan fingerprint density at radius 2 is 1.72 bits per heavy atom. The van der Waals surface area contributed by atoms with Crippen molar-refractivity contribution in [2.45, 2.75) is 39.3 Å². The van der Waals surface area contributed by atoms with Gasteiger partial charge in [-0.3, -0.25) is 0 Å². The minimum Gasteiger partial charge on any atom is -0.504 e. The zero-order chi connectivity index (χ0) is 13.2. The highest BCUT2D eigenvalue weighted by Gasteiger charge is 2.24. The summed E-state index contributed by atoms with van der Waals surface area (Å²) in [5, 5.41) is 28.5. The number of rotatable bonds is 3. The molecule has 104 valence electrons. The van der Waals surface area contributed by atoms with E-state index in [2.05, 4.69) is 0 Å². The van der Waals surface area contributed by atoms with Crippen LogP contribution in [0.5, 0.6) is 11.5 Å².